The Labute approximate surface area is 219 Å². The van der Waals surface area contributed by atoms with Gasteiger partial charge in [0.15, 0.2) is 0 Å². The number of aromatic nitrogens is 2. The summed E-state index contributed by atoms with van der Waals surface area (Å²) < 4.78 is 57.6. The van der Waals surface area contributed by atoms with Crippen molar-refractivity contribution in [3.63, 3.8) is 0 Å². The molecule has 3 N–H and O–H groups in total. The fourth-order valence-corrected chi connectivity index (χ4v) is 6.96. The average Bonchev–Trinajstić information content (AvgIpc) is 3.60. The molecule has 0 spiro atoms. The van der Waals surface area contributed by atoms with Gasteiger partial charge in [-0.25, -0.2) is 21.6 Å². The van der Waals surface area contributed by atoms with Crippen molar-refractivity contribution >= 4 is 59.8 Å². The fourth-order valence-electron chi connectivity index (χ4n) is 4.05. The molecule has 0 amide bonds. The monoisotopic (exact) mass is 564 g/mol. The quantitative estimate of drug-likeness (QED) is 0.264. The van der Waals surface area contributed by atoms with Gasteiger partial charge in [0.05, 0.1) is 42.8 Å². The fraction of sp³-hybridized carbons (Fsp3) is 0.208. The molecular formula is C24H22Cl2N4O4S2. The summed E-state index contributed by atoms with van der Waals surface area (Å²) in [6.45, 7) is 1.93. The standard InChI is InChI=1S/C24H22Cl2N4O4S2/c1-14-10-11-27-21(12-14)23(15-2-3-15)30-36(33,34)17-6-4-16(5-7-17)35(31,32)29-20-9-8-18(25)22-19(26)13-28-24(20)22/h4-13,15,23,28-30H,2-3H2,1H3. The number of H-pyrrole nitrogens is 1. The SMILES string of the molecule is Cc1ccnc(C(NS(=O)(=O)c2ccc(S(=O)(=O)Nc3ccc(Cl)c4c(Cl)c[nH]c34)cc2)C2CC2)c1. The number of anilines is 1. The molecular weight excluding hydrogens is 543 g/mol. The zero-order chi connectivity index (χ0) is 25.7. The Kier molecular flexibility index (Phi) is 6.50. The van der Waals surface area contributed by atoms with E-state index in [2.05, 4.69) is 19.4 Å². The Morgan fingerprint density at radius 2 is 1.61 bits per heavy atom. The van der Waals surface area contributed by atoms with Crippen LogP contribution in [0.15, 0.2) is 70.7 Å². The van der Waals surface area contributed by atoms with Crippen LogP contribution in [0, 0.1) is 12.8 Å². The summed E-state index contributed by atoms with van der Waals surface area (Å²) in [4.78, 5) is 7.14. The molecule has 2 aromatic carbocycles. The molecule has 0 bridgehead atoms. The van der Waals surface area contributed by atoms with Crippen LogP contribution in [0.4, 0.5) is 5.69 Å². The van der Waals surface area contributed by atoms with E-state index in [1.165, 1.54) is 36.5 Å². The summed E-state index contributed by atoms with van der Waals surface area (Å²) in [7, 11) is -7.94. The first-order valence-corrected chi connectivity index (χ1v) is 14.8. The van der Waals surface area contributed by atoms with Gasteiger partial charge in [-0.2, -0.15) is 0 Å². The van der Waals surface area contributed by atoms with Gasteiger partial charge in [-0.05, 0) is 79.8 Å². The molecule has 1 aliphatic rings. The Bertz CT molecular complexity index is 1670. The number of benzene rings is 2. The topological polar surface area (TPSA) is 121 Å². The summed E-state index contributed by atoms with van der Waals surface area (Å²) in [5, 5.41) is 1.24. The van der Waals surface area contributed by atoms with Gasteiger partial charge in [-0.15, -0.1) is 0 Å². The van der Waals surface area contributed by atoms with Crippen LogP contribution in [-0.2, 0) is 20.0 Å². The van der Waals surface area contributed by atoms with Crippen LogP contribution in [0.2, 0.25) is 10.0 Å². The van der Waals surface area contributed by atoms with Crippen LogP contribution in [-0.4, -0.2) is 26.8 Å². The third-order valence-corrected chi connectivity index (χ3v) is 9.51. The average molecular weight is 566 g/mol. The van der Waals surface area contributed by atoms with Crippen LogP contribution >= 0.6 is 23.2 Å². The van der Waals surface area contributed by atoms with Crippen molar-refractivity contribution in [2.45, 2.75) is 35.6 Å². The molecule has 4 aromatic rings. The smallest absolute Gasteiger partial charge is 0.261 e. The third-order valence-electron chi connectivity index (χ3n) is 6.06. The first-order valence-electron chi connectivity index (χ1n) is 11.1. The molecule has 8 nitrogen and oxygen atoms in total. The highest BCUT2D eigenvalue weighted by molar-refractivity contribution is 7.92. The molecule has 0 radical (unpaired) electrons. The van der Waals surface area contributed by atoms with Gasteiger partial charge >= 0.3 is 0 Å². The van der Waals surface area contributed by atoms with Gasteiger partial charge in [0.1, 0.15) is 0 Å². The maximum Gasteiger partial charge on any atom is 0.261 e. The molecule has 0 aliphatic heterocycles. The van der Waals surface area contributed by atoms with Crippen LogP contribution in [0.3, 0.4) is 0 Å². The number of fused-ring (bicyclic) bond motifs is 1. The zero-order valence-electron chi connectivity index (χ0n) is 19.0. The van der Waals surface area contributed by atoms with Crippen molar-refractivity contribution in [2.24, 2.45) is 5.92 Å². The second-order valence-electron chi connectivity index (χ2n) is 8.75. The molecule has 2 heterocycles. The molecule has 12 heteroatoms. The number of halogens is 2. The van der Waals surface area contributed by atoms with Gasteiger partial charge in [0.2, 0.25) is 10.0 Å². The molecule has 188 valence electrons. The van der Waals surface area contributed by atoms with Crippen molar-refractivity contribution < 1.29 is 16.8 Å². The predicted octanol–water partition coefficient (Wildman–Crippen LogP) is 5.41. The number of rotatable bonds is 8. The minimum atomic E-state index is -4.03. The molecule has 1 unspecified atom stereocenters. The van der Waals surface area contributed by atoms with Gasteiger partial charge in [-0.3, -0.25) is 9.71 Å². The van der Waals surface area contributed by atoms with Crippen molar-refractivity contribution in [3.8, 4) is 0 Å². The van der Waals surface area contributed by atoms with Crippen LogP contribution in [0.1, 0.15) is 30.1 Å². The number of sulfonamides is 2. The minimum Gasteiger partial charge on any atom is -0.358 e. The van der Waals surface area contributed by atoms with Crippen molar-refractivity contribution in [2.75, 3.05) is 4.72 Å². The van der Waals surface area contributed by atoms with E-state index < -0.39 is 26.1 Å². The number of nitrogens with one attached hydrogen (secondary N) is 3. The maximum absolute atomic E-state index is 13.1. The molecule has 2 aromatic heterocycles. The zero-order valence-corrected chi connectivity index (χ0v) is 22.1. The lowest BCUT2D eigenvalue weighted by molar-refractivity contribution is 0.520. The normalized spacial score (nSPS) is 15.2. The third kappa shape index (κ3) is 4.96. The Balaban J connectivity index is 1.39. The van der Waals surface area contributed by atoms with Gasteiger partial charge in [0.25, 0.3) is 10.0 Å². The number of hydrogen-bond acceptors (Lipinski definition) is 5. The van der Waals surface area contributed by atoms with Crippen LogP contribution in [0.5, 0.6) is 0 Å². The van der Waals surface area contributed by atoms with Crippen molar-refractivity contribution in [1.29, 1.82) is 0 Å². The Hall–Kier alpha value is -2.63. The molecule has 1 atom stereocenters. The van der Waals surface area contributed by atoms with Crippen molar-refractivity contribution in [1.82, 2.24) is 14.7 Å². The van der Waals surface area contributed by atoms with E-state index in [1.807, 2.05) is 19.1 Å². The molecule has 1 aliphatic carbocycles. The lowest BCUT2D eigenvalue weighted by atomic mass is 10.1. The summed E-state index contributed by atoms with van der Waals surface area (Å²) in [6, 6.07) is 11.4. The Morgan fingerprint density at radius 1 is 0.944 bits per heavy atom. The number of aryl methyl sites for hydroxylation is 1. The minimum absolute atomic E-state index is 0.0372. The molecule has 5 rings (SSSR count). The first kappa shape index (κ1) is 25.0. The van der Waals surface area contributed by atoms with E-state index in [1.54, 1.807) is 12.3 Å². The number of pyridine rings is 1. The van der Waals surface area contributed by atoms with E-state index in [0.717, 1.165) is 18.4 Å². The lowest BCUT2D eigenvalue weighted by Crippen LogP contribution is -2.30. The number of aromatic amines is 1. The van der Waals surface area contributed by atoms with Gasteiger partial charge < -0.3 is 4.98 Å². The van der Waals surface area contributed by atoms with Crippen LogP contribution in [0.25, 0.3) is 10.9 Å². The molecule has 1 fully saturated rings. The first-order chi connectivity index (χ1) is 17.0. The highest BCUT2D eigenvalue weighted by Gasteiger charge is 2.36. The summed E-state index contributed by atoms with van der Waals surface area (Å²) in [5.41, 5.74) is 2.36. The van der Waals surface area contributed by atoms with E-state index in [9.17, 15) is 16.8 Å². The van der Waals surface area contributed by atoms with E-state index in [-0.39, 0.29) is 21.4 Å². The highest BCUT2D eigenvalue weighted by atomic mass is 35.5. The van der Waals surface area contributed by atoms with Gasteiger partial charge in [0, 0.05) is 17.8 Å². The number of nitrogens with zero attached hydrogens (tertiary/aromatic N) is 1. The van der Waals surface area contributed by atoms with Gasteiger partial charge in [-0.1, -0.05) is 23.2 Å². The predicted molar refractivity (Wildman–Crippen MR) is 140 cm³/mol. The largest absolute Gasteiger partial charge is 0.358 e. The highest BCUT2D eigenvalue weighted by Crippen LogP contribution is 2.41. The van der Waals surface area contributed by atoms with E-state index in [4.69, 9.17) is 23.2 Å². The van der Waals surface area contributed by atoms with Crippen molar-refractivity contribution in [3.05, 3.63) is 82.2 Å². The Morgan fingerprint density at radius 3 is 2.25 bits per heavy atom. The summed E-state index contributed by atoms with van der Waals surface area (Å²) >= 11 is 12.3. The summed E-state index contributed by atoms with van der Waals surface area (Å²) in [6.07, 6.45) is 5.01. The molecule has 0 saturated heterocycles. The maximum atomic E-state index is 13.1. The van der Waals surface area contributed by atoms with Crippen LogP contribution < -0.4 is 9.44 Å². The second kappa shape index (κ2) is 9.35. The van der Waals surface area contributed by atoms with E-state index >= 15 is 0 Å². The second-order valence-corrected chi connectivity index (χ2v) is 13.0. The molecule has 1 saturated carbocycles. The van der Waals surface area contributed by atoms with E-state index in [0.29, 0.717) is 26.6 Å². The molecule has 36 heavy (non-hydrogen) atoms. The lowest BCUT2D eigenvalue weighted by Gasteiger charge is -2.18. The number of hydrogen-bond donors (Lipinski definition) is 3. The summed E-state index contributed by atoms with van der Waals surface area (Å²) in [5.74, 6) is 0.177.